The van der Waals surface area contributed by atoms with E-state index in [9.17, 15) is 4.79 Å². The van der Waals surface area contributed by atoms with Gasteiger partial charge in [-0.05, 0) is 62.9 Å². The summed E-state index contributed by atoms with van der Waals surface area (Å²) in [7, 11) is 0. The van der Waals surface area contributed by atoms with Crippen molar-refractivity contribution in [3.05, 3.63) is 139 Å². The van der Waals surface area contributed by atoms with E-state index in [4.69, 9.17) is 0 Å². The number of carbonyl (C=O) groups is 1. The number of anilines is 1. The minimum absolute atomic E-state index is 0.0891. The van der Waals surface area contributed by atoms with Crippen LogP contribution in [0.3, 0.4) is 0 Å². The minimum Gasteiger partial charge on any atom is -0.326 e. The Morgan fingerprint density at radius 2 is 0.821 bits per heavy atom. The Bertz CT molecular complexity index is 1770. The van der Waals surface area contributed by atoms with E-state index in [0.29, 0.717) is 0 Å². The van der Waals surface area contributed by atoms with Gasteiger partial charge in [0.1, 0.15) is 0 Å². The largest absolute Gasteiger partial charge is 0.326 e. The van der Waals surface area contributed by atoms with E-state index in [0.717, 1.165) is 55.4 Å². The van der Waals surface area contributed by atoms with Gasteiger partial charge in [0.2, 0.25) is 5.91 Å². The molecular weight excluding hydrogens is 474 g/mol. The van der Waals surface area contributed by atoms with Gasteiger partial charge in [0.05, 0.1) is 0 Å². The molecule has 2 nitrogen and oxygen atoms in total. The minimum atomic E-state index is -0.0891. The van der Waals surface area contributed by atoms with Crippen molar-refractivity contribution in [1.82, 2.24) is 0 Å². The second kappa shape index (κ2) is 10.4. The Hall–Kier alpha value is -4.95. The second-order valence-electron chi connectivity index (χ2n) is 9.83. The van der Waals surface area contributed by atoms with Crippen molar-refractivity contribution in [2.24, 2.45) is 0 Å². The maximum Gasteiger partial charge on any atom is 0.221 e. The molecule has 0 saturated heterocycles. The van der Waals surface area contributed by atoms with Crippen LogP contribution in [0.2, 0.25) is 0 Å². The molecule has 0 heterocycles. The highest BCUT2D eigenvalue weighted by Crippen LogP contribution is 2.53. The van der Waals surface area contributed by atoms with E-state index in [1.54, 1.807) is 6.92 Å². The Balaban J connectivity index is 1.96. The summed E-state index contributed by atoms with van der Waals surface area (Å²) in [5.74, 6) is -0.0891. The number of aryl methyl sites for hydroxylation is 1. The highest BCUT2D eigenvalue weighted by atomic mass is 16.1. The summed E-state index contributed by atoms with van der Waals surface area (Å²) in [6.07, 6.45) is 0. The lowest BCUT2D eigenvalue weighted by atomic mass is 9.77. The third-order valence-corrected chi connectivity index (χ3v) is 7.22. The number of nitrogens with one attached hydrogen (secondary N) is 1. The first-order chi connectivity index (χ1) is 19.1. The van der Waals surface area contributed by atoms with E-state index in [1.807, 2.05) is 12.1 Å². The van der Waals surface area contributed by atoms with Gasteiger partial charge in [-0.1, -0.05) is 127 Å². The van der Waals surface area contributed by atoms with E-state index in [1.165, 1.54) is 11.1 Å². The third-order valence-electron chi connectivity index (χ3n) is 7.22. The number of fused-ring (bicyclic) bond motifs is 1. The summed E-state index contributed by atoms with van der Waals surface area (Å²) >= 11 is 0. The van der Waals surface area contributed by atoms with Crippen LogP contribution in [0.5, 0.6) is 0 Å². The van der Waals surface area contributed by atoms with Gasteiger partial charge in [0.25, 0.3) is 0 Å². The van der Waals surface area contributed by atoms with Crippen LogP contribution in [-0.4, -0.2) is 5.91 Å². The molecule has 0 fully saturated rings. The highest BCUT2D eigenvalue weighted by Gasteiger charge is 2.26. The van der Waals surface area contributed by atoms with Gasteiger partial charge in [-0.3, -0.25) is 4.79 Å². The van der Waals surface area contributed by atoms with E-state index < -0.39 is 0 Å². The molecule has 0 aliphatic carbocycles. The zero-order valence-electron chi connectivity index (χ0n) is 22.1. The molecule has 0 aliphatic rings. The average molecular weight is 504 g/mol. The molecule has 6 rings (SSSR count). The zero-order chi connectivity index (χ0) is 26.8. The number of hydrogen-bond acceptors (Lipinski definition) is 1. The van der Waals surface area contributed by atoms with E-state index in [2.05, 4.69) is 134 Å². The molecule has 0 aliphatic heterocycles. The number of rotatable bonds is 5. The number of benzene rings is 6. The Kier molecular flexibility index (Phi) is 6.52. The van der Waals surface area contributed by atoms with Gasteiger partial charge in [0.15, 0.2) is 0 Å². The molecule has 0 spiro atoms. The molecule has 0 radical (unpaired) electrons. The highest BCUT2D eigenvalue weighted by molar-refractivity contribution is 6.23. The standard InChI is InChI=1S/C37H29NO/c1-25-23-24-31(38-26(2)39)37-32(25)33(27-15-7-3-8-16-27)34(28-17-9-4-10-18-28)35(29-19-11-5-12-20-29)36(37)30-21-13-6-14-22-30/h3-24H,1-2H3,(H,38,39). The summed E-state index contributed by atoms with van der Waals surface area (Å²) in [5, 5.41) is 5.36. The van der Waals surface area contributed by atoms with Gasteiger partial charge in [-0.2, -0.15) is 0 Å². The number of amides is 1. The first kappa shape index (κ1) is 24.4. The normalized spacial score (nSPS) is 10.9. The first-order valence-corrected chi connectivity index (χ1v) is 13.3. The lowest BCUT2D eigenvalue weighted by Gasteiger charge is -2.26. The predicted molar refractivity (Wildman–Crippen MR) is 165 cm³/mol. The lowest BCUT2D eigenvalue weighted by molar-refractivity contribution is -0.114. The van der Waals surface area contributed by atoms with Crippen LogP contribution in [0.4, 0.5) is 5.69 Å². The van der Waals surface area contributed by atoms with Crippen LogP contribution in [0, 0.1) is 6.92 Å². The molecule has 2 heteroatoms. The molecule has 0 aromatic heterocycles. The molecule has 1 N–H and O–H groups in total. The molecule has 1 amide bonds. The van der Waals surface area contributed by atoms with Crippen LogP contribution in [-0.2, 0) is 4.79 Å². The quantitative estimate of drug-likeness (QED) is 0.249. The van der Waals surface area contributed by atoms with Gasteiger partial charge in [-0.25, -0.2) is 0 Å². The zero-order valence-corrected chi connectivity index (χ0v) is 22.1. The maximum atomic E-state index is 12.5. The topological polar surface area (TPSA) is 29.1 Å². The van der Waals surface area contributed by atoms with Crippen LogP contribution in [0.15, 0.2) is 133 Å². The van der Waals surface area contributed by atoms with Crippen molar-refractivity contribution in [3.63, 3.8) is 0 Å². The van der Waals surface area contributed by atoms with E-state index in [-0.39, 0.29) is 5.91 Å². The van der Waals surface area contributed by atoms with Crippen molar-refractivity contribution in [2.75, 3.05) is 5.32 Å². The average Bonchev–Trinajstić information content (AvgIpc) is 2.99. The Labute approximate surface area is 229 Å². The van der Waals surface area contributed by atoms with Crippen LogP contribution in [0.1, 0.15) is 12.5 Å². The van der Waals surface area contributed by atoms with Crippen molar-refractivity contribution < 1.29 is 4.79 Å². The summed E-state index contributed by atoms with van der Waals surface area (Å²) in [5.41, 5.74) is 11.1. The Morgan fingerprint density at radius 1 is 0.462 bits per heavy atom. The molecule has 0 bridgehead atoms. The van der Waals surface area contributed by atoms with Gasteiger partial charge in [0, 0.05) is 23.6 Å². The monoisotopic (exact) mass is 503 g/mol. The molecule has 188 valence electrons. The van der Waals surface area contributed by atoms with Crippen LogP contribution >= 0.6 is 0 Å². The van der Waals surface area contributed by atoms with Crippen LogP contribution in [0.25, 0.3) is 55.3 Å². The van der Waals surface area contributed by atoms with Gasteiger partial charge < -0.3 is 5.32 Å². The molecular formula is C37H29NO. The first-order valence-electron chi connectivity index (χ1n) is 13.3. The van der Waals surface area contributed by atoms with Gasteiger partial charge >= 0.3 is 0 Å². The van der Waals surface area contributed by atoms with Crippen molar-refractivity contribution >= 4 is 22.4 Å². The summed E-state index contributed by atoms with van der Waals surface area (Å²) < 4.78 is 0. The number of carbonyl (C=O) groups excluding carboxylic acids is 1. The van der Waals surface area contributed by atoms with Crippen molar-refractivity contribution in [1.29, 1.82) is 0 Å². The fraction of sp³-hybridized carbons (Fsp3) is 0.0541. The maximum absolute atomic E-state index is 12.5. The van der Waals surface area contributed by atoms with Crippen LogP contribution < -0.4 is 5.32 Å². The molecule has 0 unspecified atom stereocenters. The molecule has 6 aromatic rings. The summed E-state index contributed by atoms with van der Waals surface area (Å²) in [6, 6.07) is 46.6. The van der Waals surface area contributed by atoms with Crippen molar-refractivity contribution in [2.45, 2.75) is 13.8 Å². The smallest absolute Gasteiger partial charge is 0.221 e. The fourth-order valence-corrected chi connectivity index (χ4v) is 5.66. The molecule has 39 heavy (non-hydrogen) atoms. The number of hydrogen-bond donors (Lipinski definition) is 1. The lowest BCUT2D eigenvalue weighted by Crippen LogP contribution is -2.08. The molecule has 0 atom stereocenters. The summed E-state index contributed by atoms with van der Waals surface area (Å²) in [6.45, 7) is 3.74. The second-order valence-corrected chi connectivity index (χ2v) is 9.83. The molecule has 6 aromatic carbocycles. The van der Waals surface area contributed by atoms with E-state index >= 15 is 0 Å². The predicted octanol–water partition coefficient (Wildman–Crippen LogP) is 9.77. The molecule has 0 saturated carbocycles. The Morgan fingerprint density at radius 3 is 1.21 bits per heavy atom. The third kappa shape index (κ3) is 4.51. The van der Waals surface area contributed by atoms with Crippen molar-refractivity contribution in [3.8, 4) is 44.5 Å². The van der Waals surface area contributed by atoms with Gasteiger partial charge in [-0.15, -0.1) is 0 Å². The summed E-state index contributed by atoms with van der Waals surface area (Å²) in [4.78, 5) is 12.5. The fourth-order valence-electron chi connectivity index (χ4n) is 5.66. The SMILES string of the molecule is CC(=O)Nc1ccc(C)c2c(-c3ccccc3)c(-c3ccccc3)c(-c3ccccc3)c(-c3ccccc3)c12.